The second-order valence-electron chi connectivity index (χ2n) is 14.2. The molecule has 3 aromatic carbocycles. The van der Waals surface area contributed by atoms with Crippen molar-refractivity contribution in [1.82, 2.24) is 0 Å². The molecule has 0 atom stereocenters. The second kappa shape index (κ2) is 20.8. The van der Waals surface area contributed by atoms with Crippen LogP contribution in [0.3, 0.4) is 0 Å². The maximum absolute atomic E-state index is 14.4. The van der Waals surface area contributed by atoms with Gasteiger partial charge in [-0.3, -0.25) is 0 Å². The highest BCUT2D eigenvalue weighted by Crippen LogP contribution is 2.44. The van der Waals surface area contributed by atoms with Crippen molar-refractivity contribution in [2.45, 2.75) is 162 Å². The van der Waals surface area contributed by atoms with Crippen LogP contribution in [0.5, 0.6) is 17.2 Å². The van der Waals surface area contributed by atoms with Crippen molar-refractivity contribution < 1.29 is 18.4 Å². The van der Waals surface area contributed by atoms with Crippen LogP contribution in [0.25, 0.3) is 10.8 Å². The first kappa shape index (κ1) is 39.9. The SMILES string of the molecule is CCCC[Si](CCCC)(CCCC)Oc1cc(C(=O)Oc2ccccc2)c(O[Si](CCCC)(CCCC)CCCC)c2ccc(C)cc12. The number of carbonyl (C=O) groups is 1. The number of carbonyl (C=O) groups excluding carboxylic acids is 1. The summed E-state index contributed by atoms with van der Waals surface area (Å²) in [6.45, 7) is 15.8. The molecule has 0 spiro atoms. The third kappa shape index (κ3) is 11.5. The van der Waals surface area contributed by atoms with Gasteiger partial charge in [-0.2, -0.15) is 0 Å². The topological polar surface area (TPSA) is 44.8 Å². The van der Waals surface area contributed by atoms with E-state index in [9.17, 15) is 4.79 Å². The Hall–Kier alpha value is -2.58. The molecule has 4 nitrogen and oxygen atoms in total. The summed E-state index contributed by atoms with van der Waals surface area (Å²) in [7, 11) is -4.42. The first-order valence-corrected chi connectivity index (χ1v) is 24.6. The zero-order chi connectivity index (χ0) is 34.8. The summed E-state index contributed by atoms with van der Waals surface area (Å²) < 4.78 is 21.1. The Bertz CT molecular complexity index is 1330. The van der Waals surface area contributed by atoms with Gasteiger partial charge in [0.25, 0.3) is 16.6 Å². The molecule has 0 aromatic heterocycles. The molecular weight excluding hydrogens is 625 g/mol. The summed E-state index contributed by atoms with van der Waals surface area (Å²) in [6, 6.07) is 24.9. The summed E-state index contributed by atoms with van der Waals surface area (Å²) in [5.74, 6) is 1.75. The lowest BCUT2D eigenvalue weighted by molar-refractivity contribution is 0.0732. The van der Waals surface area contributed by atoms with Gasteiger partial charge in [-0.25, -0.2) is 4.79 Å². The van der Waals surface area contributed by atoms with Crippen LogP contribution in [0.2, 0.25) is 36.3 Å². The third-order valence-corrected chi connectivity index (χ3v) is 18.8. The fourth-order valence-corrected chi connectivity index (χ4v) is 16.4. The van der Waals surface area contributed by atoms with Crippen molar-refractivity contribution >= 4 is 33.4 Å². The summed E-state index contributed by atoms with van der Waals surface area (Å²) in [5.41, 5.74) is 1.70. The second-order valence-corrected chi connectivity index (χ2v) is 22.3. The quantitative estimate of drug-likeness (QED) is 0.0533. The van der Waals surface area contributed by atoms with Crippen molar-refractivity contribution in [3.8, 4) is 17.2 Å². The molecule has 0 heterocycles. The molecule has 0 aliphatic carbocycles. The molecule has 0 aliphatic heterocycles. The molecule has 0 saturated carbocycles. The van der Waals surface area contributed by atoms with Gasteiger partial charge in [-0.05, 0) is 67.5 Å². The first-order valence-electron chi connectivity index (χ1n) is 19.5. The number of unbranched alkanes of at least 4 members (excludes halogenated alkanes) is 6. The lowest BCUT2D eigenvalue weighted by Crippen LogP contribution is -2.42. The summed E-state index contributed by atoms with van der Waals surface area (Å²) in [5, 5.41) is 2.07. The number of esters is 1. The molecule has 266 valence electrons. The summed E-state index contributed by atoms with van der Waals surface area (Å²) in [4.78, 5) is 14.4. The van der Waals surface area contributed by atoms with Gasteiger partial charge >= 0.3 is 5.97 Å². The average molecular weight is 691 g/mol. The van der Waals surface area contributed by atoms with Crippen molar-refractivity contribution in [3.05, 3.63) is 65.7 Å². The van der Waals surface area contributed by atoms with Crippen LogP contribution >= 0.6 is 0 Å². The van der Waals surface area contributed by atoms with Crippen molar-refractivity contribution in [3.63, 3.8) is 0 Å². The first-order chi connectivity index (χ1) is 23.3. The summed E-state index contributed by atoms with van der Waals surface area (Å²) >= 11 is 0. The number of rotatable bonds is 24. The Morgan fingerprint density at radius 3 is 1.48 bits per heavy atom. The van der Waals surface area contributed by atoms with Crippen molar-refractivity contribution in [1.29, 1.82) is 0 Å². The Kier molecular flexibility index (Phi) is 17.3. The van der Waals surface area contributed by atoms with Crippen LogP contribution in [0.1, 0.15) is 135 Å². The minimum Gasteiger partial charge on any atom is -0.543 e. The van der Waals surface area contributed by atoms with E-state index in [1.54, 1.807) is 0 Å². The Balaban J connectivity index is 2.32. The monoisotopic (exact) mass is 690 g/mol. The fourth-order valence-electron chi connectivity index (χ4n) is 6.98. The Morgan fingerprint density at radius 2 is 1.02 bits per heavy atom. The number of hydrogen-bond acceptors (Lipinski definition) is 4. The largest absolute Gasteiger partial charge is 0.543 e. The van der Waals surface area contributed by atoms with E-state index in [0.29, 0.717) is 11.3 Å². The van der Waals surface area contributed by atoms with Crippen molar-refractivity contribution in [2.24, 2.45) is 0 Å². The normalized spacial score (nSPS) is 12.0. The van der Waals surface area contributed by atoms with Gasteiger partial charge in [0, 0.05) is 10.8 Å². The van der Waals surface area contributed by atoms with Gasteiger partial charge in [0.1, 0.15) is 22.8 Å². The Labute approximate surface area is 295 Å². The van der Waals surface area contributed by atoms with Crippen LogP contribution < -0.4 is 13.6 Å². The maximum Gasteiger partial charge on any atom is 0.347 e. The molecule has 0 saturated heterocycles. The maximum atomic E-state index is 14.4. The lowest BCUT2D eigenvalue weighted by atomic mass is 10.0. The number of benzene rings is 3. The molecule has 0 aliphatic rings. The van der Waals surface area contributed by atoms with E-state index in [1.165, 1.54) is 24.8 Å². The highest BCUT2D eigenvalue weighted by atomic mass is 28.4. The molecule has 3 rings (SSSR count). The van der Waals surface area contributed by atoms with Crippen LogP contribution in [0.15, 0.2) is 54.6 Å². The number of ether oxygens (including phenoxy) is 1. The van der Waals surface area contributed by atoms with E-state index in [1.807, 2.05) is 36.4 Å². The van der Waals surface area contributed by atoms with E-state index < -0.39 is 16.6 Å². The number of para-hydroxylation sites is 1. The predicted octanol–water partition coefficient (Wildman–Crippen LogP) is 13.8. The van der Waals surface area contributed by atoms with Gasteiger partial charge in [0.05, 0.1) is 0 Å². The lowest BCUT2D eigenvalue weighted by Gasteiger charge is -2.36. The van der Waals surface area contributed by atoms with Crippen molar-refractivity contribution in [2.75, 3.05) is 0 Å². The van der Waals surface area contributed by atoms with E-state index in [2.05, 4.69) is 66.7 Å². The standard InChI is InChI=1S/C42H66O4Si2/c1-8-14-27-47(28-15-9-2,29-16-10-3)45-40-34-39(42(43)44-36-23-21-20-22-24-36)41(37-26-25-35(7)33-38(37)40)46-48(30-17-11-4,31-18-12-5)32-19-13-6/h20-26,33-34H,8-19,27-32H2,1-7H3. The smallest absolute Gasteiger partial charge is 0.347 e. The van der Waals surface area contributed by atoms with Gasteiger partial charge < -0.3 is 13.6 Å². The third-order valence-electron chi connectivity index (χ3n) is 9.94. The molecule has 0 fully saturated rings. The van der Waals surface area contributed by atoms with Crippen LogP contribution in [-0.2, 0) is 0 Å². The average Bonchev–Trinajstić information content (AvgIpc) is 3.10. The van der Waals surface area contributed by atoms with Gasteiger partial charge in [-0.1, -0.05) is 154 Å². The molecule has 0 N–H and O–H groups in total. The molecule has 0 bridgehead atoms. The fraction of sp³-hybridized carbons (Fsp3) is 0.595. The Morgan fingerprint density at radius 1 is 0.562 bits per heavy atom. The van der Waals surface area contributed by atoms with Gasteiger partial charge in [0.2, 0.25) is 0 Å². The minimum atomic E-state index is -2.26. The van der Waals surface area contributed by atoms with Gasteiger partial charge in [-0.15, -0.1) is 0 Å². The number of hydrogen-bond donors (Lipinski definition) is 0. The zero-order valence-electron chi connectivity index (χ0n) is 31.6. The molecule has 3 aromatic rings. The van der Waals surface area contributed by atoms with E-state index in [-0.39, 0.29) is 5.97 Å². The highest BCUT2D eigenvalue weighted by Gasteiger charge is 2.39. The van der Waals surface area contributed by atoms with E-state index >= 15 is 0 Å². The van der Waals surface area contributed by atoms with E-state index in [4.69, 9.17) is 13.6 Å². The van der Waals surface area contributed by atoms with E-state index in [0.717, 1.165) is 116 Å². The molecule has 6 heteroatoms. The molecule has 0 amide bonds. The number of aryl methyl sites for hydroxylation is 1. The van der Waals surface area contributed by atoms with Crippen LogP contribution in [0.4, 0.5) is 0 Å². The molecular formula is C42H66O4Si2. The number of fused-ring (bicyclic) bond motifs is 1. The minimum absolute atomic E-state index is 0.365. The van der Waals surface area contributed by atoms with Crippen LogP contribution in [-0.4, -0.2) is 22.6 Å². The predicted molar refractivity (Wildman–Crippen MR) is 211 cm³/mol. The molecule has 0 radical (unpaired) electrons. The zero-order valence-corrected chi connectivity index (χ0v) is 33.6. The van der Waals surface area contributed by atoms with Crippen LogP contribution in [0, 0.1) is 6.92 Å². The molecule has 0 unspecified atom stereocenters. The summed E-state index contributed by atoms with van der Waals surface area (Å²) in [6.07, 6.45) is 13.9. The van der Waals surface area contributed by atoms with Gasteiger partial charge in [0.15, 0.2) is 0 Å². The molecule has 48 heavy (non-hydrogen) atoms. The highest BCUT2D eigenvalue weighted by molar-refractivity contribution is 6.75.